The first kappa shape index (κ1) is 10.5. The lowest BCUT2D eigenvalue weighted by molar-refractivity contribution is -0.119. The van der Waals surface area contributed by atoms with Crippen molar-refractivity contribution in [2.75, 3.05) is 19.0 Å². The molecule has 0 unspecified atom stereocenters. The topological polar surface area (TPSA) is 58.6 Å². The van der Waals surface area contributed by atoms with Crippen LogP contribution in [0.15, 0.2) is 18.2 Å². The van der Waals surface area contributed by atoms with Crippen LogP contribution in [0.3, 0.4) is 0 Å². The van der Waals surface area contributed by atoms with E-state index in [-0.39, 0.29) is 18.3 Å². The molecule has 0 fully saturated rings. The van der Waals surface area contributed by atoms with E-state index in [1.54, 1.807) is 12.1 Å². The second kappa shape index (κ2) is 4.62. The van der Waals surface area contributed by atoms with Crippen LogP contribution in [0.4, 0.5) is 5.69 Å². The lowest BCUT2D eigenvalue weighted by atomic mass is 10.2. The highest BCUT2D eigenvalue weighted by Crippen LogP contribution is 2.23. The predicted molar refractivity (Wildman–Crippen MR) is 53.3 cm³/mol. The number of ether oxygens (including phenoxy) is 1. The average Bonchev–Trinajstić information content (AvgIpc) is 2.12. The van der Waals surface area contributed by atoms with Crippen molar-refractivity contribution in [2.24, 2.45) is 0 Å². The summed E-state index contributed by atoms with van der Waals surface area (Å²) in [5.41, 5.74) is 1.38. The summed E-state index contributed by atoms with van der Waals surface area (Å²) in [6.07, 6.45) is 0. The number of carbonyl (C=O) groups excluding carboxylic acids is 1. The summed E-state index contributed by atoms with van der Waals surface area (Å²) < 4.78 is 4.65. The molecule has 4 nitrogen and oxygen atoms in total. The summed E-state index contributed by atoms with van der Waals surface area (Å²) in [7, 11) is 1.44. The lowest BCUT2D eigenvalue weighted by Gasteiger charge is -2.07. The molecule has 0 heterocycles. The highest BCUT2D eigenvalue weighted by Gasteiger charge is 2.05. The monoisotopic (exact) mass is 195 g/mol. The minimum Gasteiger partial charge on any atom is -0.506 e. The van der Waals surface area contributed by atoms with Gasteiger partial charge in [-0.25, -0.2) is 0 Å². The van der Waals surface area contributed by atoms with Crippen molar-refractivity contribution in [3.05, 3.63) is 23.8 Å². The number of carbonyl (C=O) groups is 1. The number of phenolic OH excluding ortho intramolecular Hbond substituents is 1. The Balaban J connectivity index is 2.75. The lowest BCUT2D eigenvalue weighted by Crippen LogP contribution is -2.17. The van der Waals surface area contributed by atoms with Crippen LogP contribution >= 0.6 is 0 Å². The van der Waals surface area contributed by atoms with Gasteiger partial charge in [0.2, 0.25) is 5.91 Å². The Morgan fingerprint density at radius 1 is 1.57 bits per heavy atom. The third-order valence-corrected chi connectivity index (χ3v) is 1.70. The van der Waals surface area contributed by atoms with Crippen molar-refractivity contribution in [1.29, 1.82) is 0 Å². The zero-order valence-corrected chi connectivity index (χ0v) is 8.20. The number of benzene rings is 1. The first-order valence-electron chi connectivity index (χ1n) is 4.22. The van der Waals surface area contributed by atoms with Gasteiger partial charge in [-0.15, -0.1) is 0 Å². The number of rotatable bonds is 3. The van der Waals surface area contributed by atoms with Crippen molar-refractivity contribution < 1.29 is 14.6 Å². The zero-order valence-electron chi connectivity index (χ0n) is 8.20. The molecule has 76 valence electrons. The molecule has 1 amide bonds. The molecule has 14 heavy (non-hydrogen) atoms. The van der Waals surface area contributed by atoms with E-state index in [0.29, 0.717) is 5.69 Å². The van der Waals surface area contributed by atoms with Gasteiger partial charge in [0.1, 0.15) is 12.4 Å². The molecule has 0 atom stereocenters. The molecule has 0 bridgehead atoms. The quantitative estimate of drug-likeness (QED) is 0.714. The van der Waals surface area contributed by atoms with Gasteiger partial charge in [-0.05, 0) is 24.6 Å². The summed E-state index contributed by atoms with van der Waals surface area (Å²) in [6, 6.07) is 5.00. The molecule has 1 aromatic carbocycles. The van der Waals surface area contributed by atoms with Crippen LogP contribution < -0.4 is 5.32 Å². The Morgan fingerprint density at radius 3 is 2.93 bits per heavy atom. The van der Waals surface area contributed by atoms with Gasteiger partial charge < -0.3 is 15.2 Å². The maximum atomic E-state index is 11.1. The van der Waals surface area contributed by atoms with Crippen LogP contribution in [-0.2, 0) is 9.53 Å². The fraction of sp³-hybridized carbons (Fsp3) is 0.300. The minimum absolute atomic E-state index is 0.0205. The van der Waals surface area contributed by atoms with E-state index in [9.17, 15) is 9.90 Å². The van der Waals surface area contributed by atoms with Gasteiger partial charge >= 0.3 is 0 Å². The second-order valence-corrected chi connectivity index (χ2v) is 3.00. The van der Waals surface area contributed by atoms with Crippen molar-refractivity contribution in [1.82, 2.24) is 0 Å². The Morgan fingerprint density at radius 2 is 2.29 bits per heavy atom. The van der Waals surface area contributed by atoms with Gasteiger partial charge in [-0.1, -0.05) is 6.07 Å². The number of methoxy groups -OCH3 is 1. The summed E-state index contributed by atoms with van der Waals surface area (Å²) in [5, 5.41) is 11.9. The van der Waals surface area contributed by atoms with Gasteiger partial charge in [-0.2, -0.15) is 0 Å². The standard InChI is InChI=1S/C10H13NO3/c1-7-3-4-9(12)8(5-7)11-10(13)6-14-2/h3-5,12H,6H2,1-2H3,(H,11,13). The highest BCUT2D eigenvalue weighted by atomic mass is 16.5. The summed E-state index contributed by atoms with van der Waals surface area (Å²) in [4.78, 5) is 11.1. The van der Waals surface area contributed by atoms with Gasteiger partial charge in [0, 0.05) is 7.11 Å². The third kappa shape index (κ3) is 2.74. The Hall–Kier alpha value is -1.55. The maximum Gasteiger partial charge on any atom is 0.250 e. The number of aryl methyl sites for hydroxylation is 1. The molecule has 0 aliphatic heterocycles. The van der Waals surface area contributed by atoms with Crippen LogP contribution in [0, 0.1) is 6.92 Å². The Labute approximate surface area is 82.5 Å². The SMILES string of the molecule is COCC(=O)Nc1cc(C)ccc1O. The van der Waals surface area contributed by atoms with E-state index in [1.165, 1.54) is 13.2 Å². The van der Waals surface area contributed by atoms with Crippen LogP contribution in [0.25, 0.3) is 0 Å². The first-order valence-corrected chi connectivity index (χ1v) is 4.22. The average molecular weight is 195 g/mol. The molecule has 0 spiro atoms. The second-order valence-electron chi connectivity index (χ2n) is 3.00. The molecule has 2 N–H and O–H groups in total. The van der Waals surface area contributed by atoms with Crippen molar-refractivity contribution in [3.63, 3.8) is 0 Å². The van der Waals surface area contributed by atoms with E-state index >= 15 is 0 Å². The summed E-state index contributed by atoms with van der Waals surface area (Å²) in [6.45, 7) is 1.86. The molecule has 0 aliphatic carbocycles. The molecular weight excluding hydrogens is 182 g/mol. The van der Waals surface area contributed by atoms with E-state index in [1.807, 2.05) is 6.92 Å². The molecule has 0 saturated heterocycles. The number of phenols is 1. The Kier molecular flexibility index (Phi) is 3.48. The summed E-state index contributed by atoms with van der Waals surface area (Å²) in [5.74, 6) is -0.228. The van der Waals surface area contributed by atoms with E-state index in [4.69, 9.17) is 0 Å². The van der Waals surface area contributed by atoms with Gasteiger partial charge in [0.05, 0.1) is 5.69 Å². The molecular formula is C10H13NO3. The van der Waals surface area contributed by atoms with Crippen LogP contribution in [-0.4, -0.2) is 24.7 Å². The molecule has 1 rings (SSSR count). The van der Waals surface area contributed by atoms with Gasteiger partial charge in [0.25, 0.3) is 0 Å². The molecule has 4 heteroatoms. The number of hydrogen-bond donors (Lipinski definition) is 2. The minimum atomic E-state index is -0.284. The van der Waals surface area contributed by atoms with E-state index in [2.05, 4.69) is 10.1 Å². The maximum absolute atomic E-state index is 11.1. The Bertz CT molecular complexity index is 336. The van der Waals surface area contributed by atoms with E-state index in [0.717, 1.165) is 5.56 Å². The highest BCUT2D eigenvalue weighted by molar-refractivity contribution is 5.93. The number of nitrogens with one attached hydrogen (secondary N) is 1. The largest absolute Gasteiger partial charge is 0.506 e. The molecule has 1 aromatic rings. The fourth-order valence-electron chi connectivity index (χ4n) is 1.07. The van der Waals surface area contributed by atoms with Crippen LogP contribution in [0.1, 0.15) is 5.56 Å². The van der Waals surface area contributed by atoms with E-state index < -0.39 is 0 Å². The number of anilines is 1. The predicted octanol–water partition coefficient (Wildman–Crippen LogP) is 1.29. The number of amides is 1. The van der Waals surface area contributed by atoms with Gasteiger partial charge in [0.15, 0.2) is 0 Å². The molecule has 0 radical (unpaired) electrons. The van der Waals surface area contributed by atoms with Crippen LogP contribution in [0.2, 0.25) is 0 Å². The van der Waals surface area contributed by atoms with Crippen LogP contribution in [0.5, 0.6) is 5.75 Å². The summed E-state index contributed by atoms with van der Waals surface area (Å²) >= 11 is 0. The molecule has 0 saturated carbocycles. The van der Waals surface area contributed by atoms with Crippen molar-refractivity contribution >= 4 is 11.6 Å². The first-order chi connectivity index (χ1) is 6.63. The smallest absolute Gasteiger partial charge is 0.250 e. The normalized spacial score (nSPS) is 9.86. The molecule has 0 aromatic heterocycles. The van der Waals surface area contributed by atoms with Crippen molar-refractivity contribution in [3.8, 4) is 5.75 Å². The molecule has 0 aliphatic rings. The third-order valence-electron chi connectivity index (χ3n) is 1.70. The van der Waals surface area contributed by atoms with Gasteiger partial charge in [-0.3, -0.25) is 4.79 Å². The fourth-order valence-corrected chi connectivity index (χ4v) is 1.07. The zero-order chi connectivity index (χ0) is 10.6. The number of aromatic hydroxyl groups is 1. The van der Waals surface area contributed by atoms with Crippen molar-refractivity contribution in [2.45, 2.75) is 6.92 Å². The number of hydrogen-bond acceptors (Lipinski definition) is 3.